The van der Waals surface area contributed by atoms with Crippen LogP contribution in [0.2, 0.25) is 10.0 Å². The molecule has 122 valence electrons. The van der Waals surface area contributed by atoms with Crippen LogP contribution >= 0.6 is 23.2 Å². The molecule has 1 heterocycles. The van der Waals surface area contributed by atoms with Crippen molar-refractivity contribution in [1.82, 2.24) is 9.21 Å². The molecule has 0 bridgehead atoms. The van der Waals surface area contributed by atoms with E-state index in [9.17, 15) is 17.6 Å². The van der Waals surface area contributed by atoms with Crippen molar-refractivity contribution < 1.29 is 17.6 Å². The lowest BCUT2D eigenvalue weighted by Gasteiger charge is -2.34. The Labute approximate surface area is 138 Å². The van der Waals surface area contributed by atoms with Gasteiger partial charge in [0.15, 0.2) is 0 Å². The zero-order chi connectivity index (χ0) is 16.5. The Morgan fingerprint density at radius 1 is 1.18 bits per heavy atom. The van der Waals surface area contributed by atoms with E-state index in [1.807, 2.05) is 0 Å². The van der Waals surface area contributed by atoms with E-state index in [1.165, 1.54) is 15.3 Å². The second-order valence-electron chi connectivity index (χ2n) is 4.84. The van der Waals surface area contributed by atoms with Gasteiger partial charge in [0.25, 0.3) is 5.91 Å². The zero-order valence-electron chi connectivity index (χ0n) is 11.9. The molecule has 1 aromatic rings. The Balaban J connectivity index is 2.12. The molecule has 9 heteroatoms. The fraction of sp³-hybridized carbons (Fsp3) is 0.462. The summed E-state index contributed by atoms with van der Waals surface area (Å²) in [5.74, 6) is -1.13. The molecule has 1 amide bonds. The van der Waals surface area contributed by atoms with Crippen molar-refractivity contribution in [3.63, 3.8) is 0 Å². The zero-order valence-corrected chi connectivity index (χ0v) is 14.2. The van der Waals surface area contributed by atoms with Crippen LogP contribution in [0.4, 0.5) is 4.39 Å². The van der Waals surface area contributed by atoms with Crippen LogP contribution in [0.1, 0.15) is 17.3 Å². The molecule has 0 atom stereocenters. The second-order valence-corrected chi connectivity index (χ2v) is 7.91. The smallest absolute Gasteiger partial charge is 0.255 e. The van der Waals surface area contributed by atoms with Gasteiger partial charge in [-0.05, 0) is 19.1 Å². The van der Waals surface area contributed by atoms with Crippen molar-refractivity contribution in [3.8, 4) is 0 Å². The summed E-state index contributed by atoms with van der Waals surface area (Å²) >= 11 is 11.5. The highest BCUT2D eigenvalue weighted by Crippen LogP contribution is 2.25. The molecule has 1 aromatic carbocycles. The van der Waals surface area contributed by atoms with Gasteiger partial charge < -0.3 is 4.90 Å². The molecule has 1 aliphatic rings. The van der Waals surface area contributed by atoms with Crippen LogP contribution in [0.5, 0.6) is 0 Å². The number of amides is 1. The molecule has 0 unspecified atom stereocenters. The number of hydrogen-bond acceptors (Lipinski definition) is 3. The monoisotopic (exact) mass is 368 g/mol. The number of benzene rings is 1. The summed E-state index contributed by atoms with van der Waals surface area (Å²) in [6.45, 7) is 2.48. The third-order valence-corrected chi connectivity index (χ3v) is 6.01. The minimum absolute atomic E-state index is 0.0230. The molecule has 0 saturated carbocycles. The number of rotatable bonds is 3. The van der Waals surface area contributed by atoms with E-state index in [1.54, 1.807) is 6.92 Å². The number of carbonyl (C=O) groups is 1. The molecule has 0 N–H and O–H groups in total. The van der Waals surface area contributed by atoms with E-state index in [4.69, 9.17) is 23.2 Å². The minimum atomic E-state index is -3.26. The van der Waals surface area contributed by atoms with Crippen LogP contribution in [0, 0.1) is 5.82 Å². The molecule has 0 radical (unpaired) electrons. The first kappa shape index (κ1) is 17.5. The van der Waals surface area contributed by atoms with E-state index in [2.05, 4.69) is 0 Å². The Hall–Kier alpha value is -0.890. The summed E-state index contributed by atoms with van der Waals surface area (Å²) in [7, 11) is -3.26. The van der Waals surface area contributed by atoms with E-state index in [-0.39, 0.29) is 47.5 Å². The average Bonchev–Trinajstić information content (AvgIpc) is 2.50. The molecule has 22 heavy (non-hydrogen) atoms. The molecule has 0 aromatic heterocycles. The molecule has 1 saturated heterocycles. The van der Waals surface area contributed by atoms with Gasteiger partial charge in [0.05, 0.1) is 21.4 Å². The van der Waals surface area contributed by atoms with Crippen LogP contribution in [0.15, 0.2) is 12.1 Å². The first-order valence-electron chi connectivity index (χ1n) is 6.68. The number of hydrogen-bond donors (Lipinski definition) is 0. The van der Waals surface area contributed by atoms with Gasteiger partial charge in [0, 0.05) is 26.2 Å². The lowest BCUT2D eigenvalue weighted by atomic mass is 10.1. The fourth-order valence-electron chi connectivity index (χ4n) is 2.21. The van der Waals surface area contributed by atoms with E-state index in [0.29, 0.717) is 0 Å². The maximum absolute atomic E-state index is 13.5. The SMILES string of the molecule is CCS(=O)(=O)N1CCN(C(=O)c2cc(F)c(Cl)cc2Cl)CC1. The molecule has 1 fully saturated rings. The lowest BCUT2D eigenvalue weighted by molar-refractivity contribution is 0.0697. The first-order chi connectivity index (χ1) is 10.3. The second kappa shape index (κ2) is 6.70. The van der Waals surface area contributed by atoms with Gasteiger partial charge in [0.1, 0.15) is 5.82 Å². The van der Waals surface area contributed by atoms with Crippen molar-refractivity contribution in [2.45, 2.75) is 6.92 Å². The first-order valence-corrected chi connectivity index (χ1v) is 9.04. The van der Waals surface area contributed by atoms with Gasteiger partial charge in [0.2, 0.25) is 10.0 Å². The Bertz CT molecular complexity index is 689. The van der Waals surface area contributed by atoms with Crippen molar-refractivity contribution in [1.29, 1.82) is 0 Å². The summed E-state index contributed by atoms with van der Waals surface area (Å²) in [5.41, 5.74) is 0.0235. The standard InChI is InChI=1S/C13H15Cl2FN2O3S/c1-2-22(20,21)18-5-3-17(4-6-18)13(19)9-7-12(16)11(15)8-10(9)14/h7-8H,2-6H2,1H3. The van der Waals surface area contributed by atoms with Crippen LogP contribution in [0.3, 0.4) is 0 Å². The highest BCUT2D eigenvalue weighted by molar-refractivity contribution is 7.89. The summed E-state index contributed by atoms with van der Waals surface area (Å²) in [6.07, 6.45) is 0. The van der Waals surface area contributed by atoms with Crippen molar-refractivity contribution in [3.05, 3.63) is 33.6 Å². The minimum Gasteiger partial charge on any atom is -0.336 e. The summed E-state index contributed by atoms with van der Waals surface area (Å²) in [4.78, 5) is 13.8. The largest absolute Gasteiger partial charge is 0.336 e. The molecular formula is C13H15Cl2FN2O3S. The summed E-state index contributed by atoms with van der Waals surface area (Å²) in [6, 6.07) is 2.19. The third kappa shape index (κ3) is 3.53. The maximum Gasteiger partial charge on any atom is 0.255 e. The molecule has 1 aliphatic heterocycles. The van der Waals surface area contributed by atoms with E-state index < -0.39 is 21.7 Å². The van der Waals surface area contributed by atoms with Crippen molar-refractivity contribution in [2.75, 3.05) is 31.9 Å². The van der Waals surface area contributed by atoms with Crippen LogP contribution in [-0.4, -0.2) is 55.5 Å². The summed E-state index contributed by atoms with van der Waals surface area (Å²) in [5, 5.41) is -0.0829. The van der Waals surface area contributed by atoms with E-state index >= 15 is 0 Å². The van der Waals surface area contributed by atoms with Crippen LogP contribution in [-0.2, 0) is 10.0 Å². The number of sulfonamides is 1. The van der Waals surface area contributed by atoms with E-state index in [0.717, 1.165) is 6.07 Å². The normalized spacial score (nSPS) is 16.8. The Morgan fingerprint density at radius 2 is 1.77 bits per heavy atom. The quantitative estimate of drug-likeness (QED) is 0.768. The maximum atomic E-state index is 13.5. The molecule has 5 nitrogen and oxygen atoms in total. The number of nitrogens with zero attached hydrogens (tertiary/aromatic N) is 2. The van der Waals surface area contributed by atoms with Gasteiger partial charge in [-0.25, -0.2) is 12.8 Å². The van der Waals surface area contributed by atoms with Crippen molar-refractivity contribution >= 4 is 39.1 Å². The molecular weight excluding hydrogens is 354 g/mol. The highest BCUT2D eigenvalue weighted by Gasteiger charge is 2.29. The van der Waals surface area contributed by atoms with Gasteiger partial charge >= 0.3 is 0 Å². The number of piperazine rings is 1. The van der Waals surface area contributed by atoms with Gasteiger partial charge in [-0.3, -0.25) is 4.79 Å². The fourth-order valence-corrected chi connectivity index (χ4v) is 3.76. The van der Waals surface area contributed by atoms with Gasteiger partial charge in [-0.15, -0.1) is 0 Å². The molecule has 0 spiro atoms. The predicted octanol–water partition coefficient (Wildman–Crippen LogP) is 2.24. The third-order valence-electron chi connectivity index (χ3n) is 3.52. The molecule has 2 rings (SSSR count). The van der Waals surface area contributed by atoms with Crippen LogP contribution < -0.4 is 0 Å². The van der Waals surface area contributed by atoms with Crippen LogP contribution in [0.25, 0.3) is 0 Å². The summed E-state index contributed by atoms with van der Waals surface area (Å²) < 4.78 is 38.4. The molecule has 0 aliphatic carbocycles. The van der Waals surface area contributed by atoms with Crippen molar-refractivity contribution in [2.24, 2.45) is 0 Å². The average molecular weight is 369 g/mol. The number of carbonyl (C=O) groups excluding carboxylic acids is 1. The van der Waals surface area contributed by atoms with Gasteiger partial charge in [-0.2, -0.15) is 4.31 Å². The lowest BCUT2D eigenvalue weighted by Crippen LogP contribution is -2.50. The highest BCUT2D eigenvalue weighted by atomic mass is 35.5. The topological polar surface area (TPSA) is 57.7 Å². The Morgan fingerprint density at radius 3 is 2.32 bits per heavy atom. The van der Waals surface area contributed by atoms with Gasteiger partial charge in [-0.1, -0.05) is 23.2 Å². The predicted molar refractivity (Wildman–Crippen MR) is 83.4 cm³/mol. The number of halogens is 3. The Kier molecular flexibility index (Phi) is 5.32.